The van der Waals surface area contributed by atoms with Crippen LogP contribution in [0.15, 0.2) is 44.8 Å². The van der Waals surface area contributed by atoms with Crippen molar-refractivity contribution in [3.8, 4) is 0 Å². The number of unbranched alkanes of at least 4 members (excludes halogenated alkanes) is 10. The summed E-state index contributed by atoms with van der Waals surface area (Å²) in [4.78, 5) is 36.1. The molecular formula is C26H37N3O4. The van der Waals surface area contributed by atoms with Gasteiger partial charge in [0.1, 0.15) is 11.8 Å². The molecule has 0 unspecified atom stereocenters. The smallest absolute Gasteiger partial charge is 0.259 e. The molecule has 0 saturated heterocycles. The summed E-state index contributed by atoms with van der Waals surface area (Å²) in [6.45, 7) is 2.08. The number of hydrogen-bond acceptors (Lipinski definition) is 5. The van der Waals surface area contributed by atoms with E-state index in [4.69, 9.17) is 4.42 Å². The zero-order valence-corrected chi connectivity index (χ0v) is 19.7. The van der Waals surface area contributed by atoms with Gasteiger partial charge in [0.25, 0.3) is 5.91 Å². The maximum absolute atomic E-state index is 12.3. The molecule has 2 N–H and O–H groups in total. The topological polar surface area (TPSA) is 101 Å². The van der Waals surface area contributed by atoms with Crippen molar-refractivity contribution < 1.29 is 14.0 Å². The van der Waals surface area contributed by atoms with Gasteiger partial charge in [-0.3, -0.25) is 14.4 Å². The van der Waals surface area contributed by atoms with E-state index in [1.807, 2.05) is 0 Å². The van der Waals surface area contributed by atoms with Gasteiger partial charge in [-0.05, 0) is 18.6 Å². The van der Waals surface area contributed by atoms with Crippen LogP contribution in [0.25, 0.3) is 11.0 Å². The number of nitrogens with zero attached hydrogens (tertiary/aromatic N) is 1. The first kappa shape index (κ1) is 26.3. The Morgan fingerprint density at radius 3 is 2.24 bits per heavy atom. The second-order valence-corrected chi connectivity index (χ2v) is 8.37. The Morgan fingerprint density at radius 2 is 1.55 bits per heavy atom. The van der Waals surface area contributed by atoms with Crippen LogP contribution in [-0.2, 0) is 9.59 Å². The maximum atomic E-state index is 12.3. The van der Waals surface area contributed by atoms with E-state index in [1.54, 1.807) is 24.3 Å². The summed E-state index contributed by atoms with van der Waals surface area (Å²) in [5.74, 6) is -0.594. The number of rotatable bonds is 16. The molecule has 7 heteroatoms. The van der Waals surface area contributed by atoms with E-state index in [-0.39, 0.29) is 23.4 Å². The van der Waals surface area contributed by atoms with Crippen molar-refractivity contribution in [3.05, 3.63) is 46.3 Å². The van der Waals surface area contributed by atoms with Gasteiger partial charge >= 0.3 is 0 Å². The fourth-order valence-electron chi connectivity index (χ4n) is 3.61. The van der Waals surface area contributed by atoms with Crippen LogP contribution in [0.2, 0.25) is 0 Å². The molecule has 0 radical (unpaired) electrons. The first-order chi connectivity index (χ1) is 16.1. The zero-order valence-electron chi connectivity index (χ0n) is 19.7. The predicted molar refractivity (Wildman–Crippen MR) is 132 cm³/mol. The lowest BCUT2D eigenvalue weighted by Crippen LogP contribution is -2.34. The summed E-state index contributed by atoms with van der Waals surface area (Å²) >= 11 is 0. The average Bonchev–Trinajstić information content (AvgIpc) is 2.83. The van der Waals surface area contributed by atoms with Gasteiger partial charge in [-0.15, -0.1) is 0 Å². The number of hydrogen-bond donors (Lipinski definition) is 2. The van der Waals surface area contributed by atoms with Gasteiger partial charge in [0.2, 0.25) is 11.3 Å². The highest BCUT2D eigenvalue weighted by atomic mass is 16.3. The zero-order chi connectivity index (χ0) is 23.7. The van der Waals surface area contributed by atoms with Crippen LogP contribution in [0.5, 0.6) is 0 Å². The molecule has 7 nitrogen and oxygen atoms in total. The average molecular weight is 456 g/mol. The highest BCUT2D eigenvalue weighted by Gasteiger charge is 2.06. The number of benzene rings is 1. The Kier molecular flexibility index (Phi) is 12.6. The lowest BCUT2D eigenvalue weighted by atomic mass is 10.1. The second-order valence-electron chi connectivity index (χ2n) is 8.37. The van der Waals surface area contributed by atoms with Crippen LogP contribution in [-0.4, -0.2) is 24.6 Å². The number of fused-ring (bicyclic) bond motifs is 1. The summed E-state index contributed by atoms with van der Waals surface area (Å²) in [6.07, 6.45) is 16.5. The number of nitrogens with one attached hydrogen (secondary N) is 2. The molecule has 0 aliphatic carbocycles. The van der Waals surface area contributed by atoms with Crippen LogP contribution in [0.3, 0.4) is 0 Å². The van der Waals surface area contributed by atoms with E-state index in [0.717, 1.165) is 19.3 Å². The van der Waals surface area contributed by atoms with Crippen molar-refractivity contribution in [2.45, 2.75) is 84.0 Å². The lowest BCUT2D eigenvalue weighted by Gasteiger charge is -2.05. The molecule has 2 aromatic rings. The van der Waals surface area contributed by atoms with E-state index < -0.39 is 5.91 Å². The van der Waals surface area contributed by atoms with Crippen LogP contribution in [0.1, 0.15) is 89.5 Å². The van der Waals surface area contributed by atoms with Crippen molar-refractivity contribution in [2.24, 2.45) is 5.10 Å². The SMILES string of the molecule is CCCCCCCCCCCCCC(=O)NCC(=O)N/N=C/c1coc2ccccc2c1=O. The Hall–Kier alpha value is -2.96. The molecule has 33 heavy (non-hydrogen) atoms. The summed E-state index contributed by atoms with van der Waals surface area (Å²) in [5, 5.41) is 6.83. The quantitative estimate of drug-likeness (QED) is 0.210. The molecule has 180 valence electrons. The predicted octanol–water partition coefficient (Wildman–Crippen LogP) is 5.06. The standard InChI is InChI=1S/C26H37N3O4/c1-2-3-4-5-6-7-8-9-10-11-12-17-24(30)27-19-25(31)29-28-18-21-20-33-23-16-14-13-15-22(23)26(21)32/h13-16,18,20H,2-12,17,19H2,1H3,(H,27,30)(H,29,31)/b28-18+. The fraction of sp³-hybridized carbons (Fsp3) is 0.538. The Balaban J connectivity index is 1.53. The van der Waals surface area contributed by atoms with E-state index in [0.29, 0.717) is 17.4 Å². The first-order valence-corrected chi connectivity index (χ1v) is 12.2. The molecule has 0 fully saturated rings. The largest absolute Gasteiger partial charge is 0.463 e. The van der Waals surface area contributed by atoms with Crippen molar-refractivity contribution in [1.82, 2.24) is 10.7 Å². The van der Waals surface area contributed by atoms with Crippen LogP contribution >= 0.6 is 0 Å². The van der Waals surface area contributed by atoms with Gasteiger partial charge in [-0.1, -0.05) is 83.3 Å². The molecule has 0 atom stereocenters. The molecule has 1 heterocycles. The molecule has 2 rings (SSSR count). The third-order valence-corrected chi connectivity index (χ3v) is 5.55. The molecule has 0 bridgehead atoms. The molecule has 0 aliphatic rings. The minimum absolute atomic E-state index is 0.139. The molecule has 2 amide bonds. The summed E-state index contributed by atoms with van der Waals surface area (Å²) < 4.78 is 5.39. The van der Waals surface area contributed by atoms with Gasteiger partial charge in [-0.25, -0.2) is 5.43 Å². The highest BCUT2D eigenvalue weighted by Crippen LogP contribution is 2.12. The van der Waals surface area contributed by atoms with Gasteiger partial charge in [0, 0.05) is 6.42 Å². The molecule has 1 aromatic heterocycles. The van der Waals surface area contributed by atoms with Crippen LogP contribution in [0, 0.1) is 0 Å². The Bertz CT molecular complexity index is 952. The van der Waals surface area contributed by atoms with Crippen molar-refractivity contribution in [3.63, 3.8) is 0 Å². The molecule has 0 saturated carbocycles. The molecule has 0 spiro atoms. The minimum Gasteiger partial charge on any atom is -0.463 e. The first-order valence-electron chi connectivity index (χ1n) is 12.2. The van der Waals surface area contributed by atoms with Crippen molar-refractivity contribution >= 4 is 29.0 Å². The monoisotopic (exact) mass is 455 g/mol. The Morgan fingerprint density at radius 1 is 0.909 bits per heavy atom. The fourth-order valence-corrected chi connectivity index (χ4v) is 3.61. The minimum atomic E-state index is -0.455. The van der Waals surface area contributed by atoms with E-state index in [2.05, 4.69) is 22.8 Å². The van der Waals surface area contributed by atoms with Gasteiger partial charge < -0.3 is 9.73 Å². The molecule has 0 aliphatic heterocycles. The van der Waals surface area contributed by atoms with Gasteiger partial charge in [0.15, 0.2) is 0 Å². The van der Waals surface area contributed by atoms with Gasteiger partial charge in [-0.2, -0.15) is 5.10 Å². The lowest BCUT2D eigenvalue weighted by molar-refractivity contribution is -0.126. The number of carbonyl (C=O) groups is 2. The summed E-state index contributed by atoms with van der Waals surface area (Å²) in [5.41, 5.74) is 2.80. The summed E-state index contributed by atoms with van der Waals surface area (Å²) in [6, 6.07) is 6.91. The second kappa shape index (κ2) is 15.8. The Labute approximate surface area is 196 Å². The van der Waals surface area contributed by atoms with E-state index >= 15 is 0 Å². The third kappa shape index (κ3) is 10.5. The third-order valence-electron chi connectivity index (χ3n) is 5.55. The molecule has 1 aromatic carbocycles. The van der Waals surface area contributed by atoms with Crippen LogP contribution in [0.4, 0.5) is 0 Å². The molecular weight excluding hydrogens is 418 g/mol. The van der Waals surface area contributed by atoms with E-state index in [1.165, 1.54) is 63.8 Å². The highest BCUT2D eigenvalue weighted by molar-refractivity contribution is 5.88. The van der Waals surface area contributed by atoms with Crippen LogP contribution < -0.4 is 16.2 Å². The summed E-state index contributed by atoms with van der Waals surface area (Å²) in [7, 11) is 0. The number of hydrazone groups is 1. The van der Waals surface area contributed by atoms with Gasteiger partial charge in [0.05, 0.1) is 23.7 Å². The number of carbonyl (C=O) groups excluding carboxylic acids is 2. The normalized spacial score (nSPS) is 11.2. The number of amides is 2. The van der Waals surface area contributed by atoms with Crippen molar-refractivity contribution in [2.75, 3.05) is 6.54 Å². The maximum Gasteiger partial charge on any atom is 0.259 e. The number of para-hydroxylation sites is 1. The van der Waals surface area contributed by atoms with E-state index in [9.17, 15) is 14.4 Å². The van der Waals surface area contributed by atoms with Crippen molar-refractivity contribution in [1.29, 1.82) is 0 Å².